The second kappa shape index (κ2) is 34.0. The highest BCUT2D eigenvalue weighted by molar-refractivity contribution is 5.80. The summed E-state index contributed by atoms with van der Waals surface area (Å²) >= 11 is 0. The number of nitrogens with one attached hydrogen (secondary N) is 1. The van der Waals surface area contributed by atoms with Crippen LogP contribution in [0.25, 0.3) is 0 Å². The SMILES string of the molecule is CC/C=C\C/C=C\C/C=C\CCCCCCCCCC(=O)OC(/C=C\C/C=C\CCCC)CCCCCCC(=O)NCC(=O)O. The number of aliphatic carboxylic acids is 1. The molecule has 45 heavy (non-hydrogen) atoms. The number of carbonyl (C=O) groups excluding carboxylic acids is 2. The van der Waals surface area contributed by atoms with Crippen LogP contribution < -0.4 is 5.32 Å². The van der Waals surface area contributed by atoms with E-state index in [1.165, 1.54) is 44.9 Å². The molecule has 6 heteroatoms. The number of hydrogen-bond donors (Lipinski definition) is 2. The maximum Gasteiger partial charge on any atom is 0.322 e. The smallest absolute Gasteiger partial charge is 0.322 e. The quantitative estimate of drug-likeness (QED) is 0.0453. The Balaban J connectivity index is 4.14. The van der Waals surface area contributed by atoms with E-state index in [1.54, 1.807) is 0 Å². The third-order valence-corrected chi connectivity index (χ3v) is 7.41. The van der Waals surface area contributed by atoms with Crippen molar-refractivity contribution >= 4 is 17.8 Å². The molecule has 256 valence electrons. The number of carboxylic acids is 1. The van der Waals surface area contributed by atoms with E-state index in [4.69, 9.17) is 9.84 Å². The lowest BCUT2D eigenvalue weighted by molar-refractivity contribution is -0.147. The Hall–Kier alpha value is -2.89. The van der Waals surface area contributed by atoms with Crippen LogP contribution >= 0.6 is 0 Å². The Kier molecular flexibility index (Phi) is 31.8. The molecule has 0 aromatic rings. The number of esters is 1. The van der Waals surface area contributed by atoms with Gasteiger partial charge in [0.1, 0.15) is 12.6 Å². The number of hydrogen-bond acceptors (Lipinski definition) is 4. The van der Waals surface area contributed by atoms with Gasteiger partial charge in [0.2, 0.25) is 5.91 Å². The largest absolute Gasteiger partial charge is 0.480 e. The molecule has 2 N–H and O–H groups in total. The fourth-order valence-corrected chi connectivity index (χ4v) is 4.76. The monoisotopic (exact) mass is 627 g/mol. The van der Waals surface area contributed by atoms with Crippen molar-refractivity contribution in [2.75, 3.05) is 6.54 Å². The summed E-state index contributed by atoms with van der Waals surface area (Å²) in [5, 5.41) is 11.0. The average molecular weight is 628 g/mol. The van der Waals surface area contributed by atoms with Crippen molar-refractivity contribution in [3.05, 3.63) is 60.8 Å². The Morgan fingerprint density at radius 2 is 1.16 bits per heavy atom. The standard InChI is InChI=1S/C39H65NO5/c1-3-5-7-9-11-12-13-14-15-16-17-18-19-20-22-24-30-34-39(44)45-36(31-27-23-21-10-8-6-4-2)32-28-25-26-29-33-37(41)40-35-38(42)43/h5,7,10-12,14-15,21,27,31,36H,3-4,6,8-9,13,16-20,22-26,28-30,32-35H2,1-2H3,(H,40,41)(H,42,43)/b7-5-,12-11-,15-14-,21-10-,31-27-. The third kappa shape index (κ3) is 33.8. The second-order valence-electron chi connectivity index (χ2n) is 11.7. The van der Waals surface area contributed by atoms with Gasteiger partial charge in [0.25, 0.3) is 0 Å². The highest BCUT2D eigenvalue weighted by Crippen LogP contribution is 2.15. The molecule has 0 radical (unpaired) electrons. The predicted molar refractivity (Wildman–Crippen MR) is 189 cm³/mol. The molecule has 0 saturated heterocycles. The van der Waals surface area contributed by atoms with Gasteiger partial charge in [0, 0.05) is 12.8 Å². The van der Waals surface area contributed by atoms with Crippen LogP contribution in [0.3, 0.4) is 0 Å². The molecule has 0 aliphatic rings. The molecule has 0 aromatic carbocycles. The molecule has 0 aliphatic heterocycles. The first-order valence-corrected chi connectivity index (χ1v) is 17.9. The third-order valence-electron chi connectivity index (χ3n) is 7.41. The van der Waals surface area contributed by atoms with Crippen molar-refractivity contribution in [2.45, 2.75) is 161 Å². The van der Waals surface area contributed by atoms with Crippen molar-refractivity contribution in [3.63, 3.8) is 0 Å². The van der Waals surface area contributed by atoms with E-state index >= 15 is 0 Å². The molecule has 0 bridgehead atoms. The van der Waals surface area contributed by atoms with Crippen molar-refractivity contribution in [1.29, 1.82) is 0 Å². The Morgan fingerprint density at radius 1 is 0.622 bits per heavy atom. The van der Waals surface area contributed by atoms with Gasteiger partial charge in [-0.15, -0.1) is 0 Å². The summed E-state index contributed by atoms with van der Waals surface area (Å²) in [5.41, 5.74) is 0. The van der Waals surface area contributed by atoms with Crippen LogP contribution in [0.4, 0.5) is 0 Å². The molecule has 0 spiro atoms. The second-order valence-corrected chi connectivity index (χ2v) is 11.7. The van der Waals surface area contributed by atoms with E-state index in [2.05, 4.69) is 73.8 Å². The fraction of sp³-hybridized carbons (Fsp3) is 0.667. The Bertz CT molecular complexity index is 871. The van der Waals surface area contributed by atoms with Crippen LogP contribution in [-0.4, -0.2) is 35.6 Å². The minimum absolute atomic E-state index is 0.114. The molecule has 0 aliphatic carbocycles. The van der Waals surface area contributed by atoms with E-state index < -0.39 is 5.97 Å². The van der Waals surface area contributed by atoms with Crippen LogP contribution in [-0.2, 0) is 19.1 Å². The summed E-state index contributed by atoms with van der Waals surface area (Å²) in [6, 6.07) is 0. The summed E-state index contributed by atoms with van der Waals surface area (Å²) in [6.07, 6.45) is 43.6. The predicted octanol–water partition coefficient (Wildman–Crippen LogP) is 10.5. The maximum absolute atomic E-state index is 12.6. The van der Waals surface area contributed by atoms with Crippen LogP contribution in [0.2, 0.25) is 0 Å². The summed E-state index contributed by atoms with van der Waals surface area (Å²) in [5.74, 6) is -1.37. The molecular weight excluding hydrogens is 562 g/mol. The van der Waals surface area contributed by atoms with Crippen LogP contribution in [0.15, 0.2) is 60.8 Å². The van der Waals surface area contributed by atoms with Gasteiger partial charge in [0.05, 0.1) is 0 Å². The van der Waals surface area contributed by atoms with E-state index in [1.807, 2.05) is 6.08 Å². The molecule has 1 atom stereocenters. The van der Waals surface area contributed by atoms with Crippen molar-refractivity contribution in [2.24, 2.45) is 0 Å². The van der Waals surface area contributed by atoms with Crippen LogP contribution in [0.1, 0.15) is 155 Å². The zero-order valence-electron chi connectivity index (χ0n) is 28.7. The van der Waals surface area contributed by atoms with Crippen LogP contribution in [0.5, 0.6) is 0 Å². The molecule has 0 fully saturated rings. The van der Waals surface area contributed by atoms with Crippen molar-refractivity contribution in [1.82, 2.24) is 5.32 Å². The number of amides is 1. The summed E-state index contributed by atoms with van der Waals surface area (Å²) in [7, 11) is 0. The topological polar surface area (TPSA) is 92.7 Å². The highest BCUT2D eigenvalue weighted by atomic mass is 16.5. The Morgan fingerprint density at radius 3 is 1.80 bits per heavy atom. The number of carbonyl (C=O) groups is 3. The first-order valence-electron chi connectivity index (χ1n) is 17.9. The summed E-state index contributed by atoms with van der Waals surface area (Å²) in [6.45, 7) is 4.01. The first kappa shape index (κ1) is 42.1. The van der Waals surface area contributed by atoms with Gasteiger partial charge in [-0.05, 0) is 76.7 Å². The first-order chi connectivity index (χ1) is 22.0. The van der Waals surface area contributed by atoms with Gasteiger partial charge >= 0.3 is 11.9 Å². The van der Waals surface area contributed by atoms with Gasteiger partial charge in [-0.25, -0.2) is 0 Å². The zero-order chi connectivity index (χ0) is 33.1. The van der Waals surface area contributed by atoms with E-state index in [-0.39, 0.29) is 24.5 Å². The number of unbranched alkanes of at least 4 members (excludes halogenated alkanes) is 12. The lowest BCUT2D eigenvalue weighted by Gasteiger charge is -2.14. The Labute approximate surface area is 275 Å². The number of rotatable bonds is 31. The lowest BCUT2D eigenvalue weighted by atomic mass is 10.1. The van der Waals surface area contributed by atoms with Gasteiger partial charge in [0.15, 0.2) is 0 Å². The van der Waals surface area contributed by atoms with E-state index in [0.717, 1.165) is 83.5 Å². The molecule has 0 rings (SSSR count). The van der Waals surface area contributed by atoms with Crippen molar-refractivity contribution in [3.8, 4) is 0 Å². The maximum atomic E-state index is 12.6. The number of ether oxygens (including phenoxy) is 1. The van der Waals surface area contributed by atoms with Crippen LogP contribution in [0, 0.1) is 0 Å². The van der Waals surface area contributed by atoms with E-state index in [0.29, 0.717) is 12.8 Å². The summed E-state index contributed by atoms with van der Waals surface area (Å²) in [4.78, 5) is 34.8. The molecule has 0 aromatic heterocycles. The average Bonchev–Trinajstić information content (AvgIpc) is 3.02. The van der Waals surface area contributed by atoms with Gasteiger partial charge < -0.3 is 15.2 Å². The molecule has 1 unspecified atom stereocenters. The van der Waals surface area contributed by atoms with Gasteiger partial charge in [-0.3, -0.25) is 14.4 Å². The highest BCUT2D eigenvalue weighted by Gasteiger charge is 2.11. The van der Waals surface area contributed by atoms with Crippen molar-refractivity contribution < 1.29 is 24.2 Å². The van der Waals surface area contributed by atoms with E-state index in [9.17, 15) is 14.4 Å². The number of allylic oxidation sites excluding steroid dienone is 9. The fourth-order valence-electron chi connectivity index (χ4n) is 4.76. The minimum atomic E-state index is -1.03. The lowest BCUT2D eigenvalue weighted by Crippen LogP contribution is -2.28. The molecular formula is C39H65NO5. The minimum Gasteiger partial charge on any atom is -0.480 e. The number of carboxylic acid groups (broad SMARTS) is 1. The molecule has 6 nitrogen and oxygen atoms in total. The molecule has 1 amide bonds. The molecule has 0 heterocycles. The molecule has 0 saturated carbocycles. The van der Waals surface area contributed by atoms with Gasteiger partial charge in [-0.2, -0.15) is 0 Å². The normalized spacial score (nSPS) is 12.8. The van der Waals surface area contributed by atoms with Gasteiger partial charge in [-0.1, -0.05) is 126 Å². The summed E-state index contributed by atoms with van der Waals surface area (Å²) < 4.78 is 5.84. The zero-order valence-corrected chi connectivity index (χ0v) is 28.7.